The van der Waals surface area contributed by atoms with Crippen LogP contribution in [0.15, 0.2) is 42.5 Å². The van der Waals surface area contributed by atoms with Gasteiger partial charge in [0.05, 0.1) is 11.6 Å². The molecule has 0 aliphatic carbocycles. The maximum atomic E-state index is 13.5. The third-order valence-electron chi connectivity index (χ3n) is 3.23. The van der Waals surface area contributed by atoms with Crippen molar-refractivity contribution in [1.29, 1.82) is 5.26 Å². The van der Waals surface area contributed by atoms with Crippen LogP contribution in [0.3, 0.4) is 0 Å². The summed E-state index contributed by atoms with van der Waals surface area (Å²) in [6.45, 7) is 0. The Balaban J connectivity index is 2.27. The Hall–Kier alpha value is -3.06. The van der Waals surface area contributed by atoms with Crippen LogP contribution in [0.25, 0.3) is 21.9 Å². The molecule has 21 heavy (non-hydrogen) atoms. The molecular weight excluding hydrogens is 269 g/mol. The van der Waals surface area contributed by atoms with E-state index in [4.69, 9.17) is 0 Å². The predicted octanol–water partition coefficient (Wildman–Crippen LogP) is 3.73. The van der Waals surface area contributed by atoms with Gasteiger partial charge in [0, 0.05) is 5.39 Å². The maximum Gasteiger partial charge on any atom is 0.165 e. The smallest absolute Gasteiger partial charge is 0.165 e. The first-order valence-electron chi connectivity index (χ1n) is 6.16. The van der Waals surface area contributed by atoms with Gasteiger partial charge < -0.3 is 10.2 Å². The molecule has 0 fully saturated rings. The molecular formula is C17H9FNO2. The molecule has 3 aromatic carbocycles. The predicted molar refractivity (Wildman–Crippen MR) is 76.2 cm³/mol. The van der Waals surface area contributed by atoms with Gasteiger partial charge in [-0.2, -0.15) is 5.26 Å². The zero-order chi connectivity index (χ0) is 15.0. The molecule has 1 radical (unpaired) electrons. The van der Waals surface area contributed by atoms with Crippen LogP contribution in [-0.2, 0) is 0 Å². The summed E-state index contributed by atoms with van der Waals surface area (Å²) in [4.78, 5) is 0. The monoisotopic (exact) mass is 278 g/mol. The van der Waals surface area contributed by atoms with Crippen molar-refractivity contribution in [2.75, 3.05) is 0 Å². The molecule has 3 aromatic rings. The van der Waals surface area contributed by atoms with E-state index in [0.29, 0.717) is 27.5 Å². The van der Waals surface area contributed by atoms with E-state index in [9.17, 15) is 19.9 Å². The quantitative estimate of drug-likeness (QED) is 0.713. The van der Waals surface area contributed by atoms with Crippen molar-refractivity contribution in [3.63, 3.8) is 0 Å². The standard InChI is InChI=1S/C17H9FNO2/c18-16-7-10(2-4-17(16)21)12-5-11-1-3-14(20)8-15(11)13(6-12)9-19/h1-4,6-8,20-21H. The molecule has 2 N–H and O–H groups in total. The molecule has 4 heteroatoms. The number of phenols is 2. The molecule has 3 rings (SSSR count). The van der Waals surface area contributed by atoms with Gasteiger partial charge in [0.1, 0.15) is 5.75 Å². The molecule has 0 heterocycles. The number of hydrogen-bond donors (Lipinski definition) is 2. The van der Waals surface area contributed by atoms with Crippen molar-refractivity contribution >= 4 is 10.8 Å². The van der Waals surface area contributed by atoms with E-state index in [1.165, 1.54) is 24.3 Å². The van der Waals surface area contributed by atoms with Crippen LogP contribution in [0.5, 0.6) is 11.5 Å². The third kappa shape index (κ3) is 2.26. The zero-order valence-corrected chi connectivity index (χ0v) is 10.8. The Labute approximate surface area is 120 Å². The highest BCUT2D eigenvalue weighted by Crippen LogP contribution is 2.30. The minimum Gasteiger partial charge on any atom is -0.508 e. The number of rotatable bonds is 1. The lowest BCUT2D eigenvalue weighted by atomic mass is 9.97. The van der Waals surface area contributed by atoms with Crippen molar-refractivity contribution in [1.82, 2.24) is 0 Å². The van der Waals surface area contributed by atoms with Crippen molar-refractivity contribution in [2.45, 2.75) is 0 Å². The second kappa shape index (κ2) is 4.80. The van der Waals surface area contributed by atoms with E-state index in [2.05, 4.69) is 12.1 Å². The van der Waals surface area contributed by atoms with Crippen LogP contribution in [0.2, 0.25) is 0 Å². The average Bonchev–Trinajstić information content (AvgIpc) is 2.49. The maximum absolute atomic E-state index is 13.5. The van der Waals surface area contributed by atoms with Gasteiger partial charge in [0.25, 0.3) is 0 Å². The van der Waals surface area contributed by atoms with E-state index < -0.39 is 11.6 Å². The molecule has 0 saturated heterocycles. The van der Waals surface area contributed by atoms with Gasteiger partial charge in [-0.25, -0.2) is 4.39 Å². The summed E-state index contributed by atoms with van der Waals surface area (Å²) < 4.78 is 13.5. The molecule has 0 saturated carbocycles. The Morgan fingerprint density at radius 1 is 1.05 bits per heavy atom. The van der Waals surface area contributed by atoms with E-state index >= 15 is 0 Å². The van der Waals surface area contributed by atoms with Crippen LogP contribution >= 0.6 is 0 Å². The van der Waals surface area contributed by atoms with E-state index in [-0.39, 0.29) is 5.75 Å². The summed E-state index contributed by atoms with van der Waals surface area (Å²) in [5, 5.41) is 29.2. The van der Waals surface area contributed by atoms with Gasteiger partial charge in [0.2, 0.25) is 0 Å². The number of aromatic hydroxyl groups is 2. The van der Waals surface area contributed by atoms with Crippen LogP contribution in [0, 0.1) is 23.2 Å². The summed E-state index contributed by atoms with van der Waals surface area (Å²) in [6, 6.07) is 15.4. The Morgan fingerprint density at radius 2 is 1.86 bits per heavy atom. The lowest BCUT2D eigenvalue weighted by molar-refractivity contribution is 0.432. The van der Waals surface area contributed by atoms with Gasteiger partial charge in [-0.1, -0.05) is 12.1 Å². The minimum atomic E-state index is -0.731. The van der Waals surface area contributed by atoms with Crippen LogP contribution < -0.4 is 0 Å². The van der Waals surface area contributed by atoms with E-state index in [1.54, 1.807) is 18.2 Å². The molecule has 0 atom stereocenters. The summed E-state index contributed by atoms with van der Waals surface area (Å²) in [5.41, 5.74) is 1.42. The number of nitrogens with zero attached hydrogens (tertiary/aromatic N) is 1. The van der Waals surface area contributed by atoms with Gasteiger partial charge in [0.15, 0.2) is 11.6 Å². The number of fused-ring (bicyclic) bond motifs is 1. The first-order valence-corrected chi connectivity index (χ1v) is 6.16. The molecule has 0 aromatic heterocycles. The summed E-state index contributed by atoms with van der Waals surface area (Å²) in [5.74, 6) is -1.09. The number of phenolic OH excluding ortho intramolecular Hbond substituents is 2. The SMILES string of the molecule is N#Cc1cc(-c2ccc(O)c(F)c2)[c]c2ccc(O)cc12. The normalized spacial score (nSPS) is 10.5. The van der Waals surface area contributed by atoms with E-state index in [0.717, 1.165) is 0 Å². The van der Waals surface area contributed by atoms with Crippen LogP contribution in [0.1, 0.15) is 5.56 Å². The van der Waals surface area contributed by atoms with Crippen molar-refractivity contribution in [3.8, 4) is 28.7 Å². The lowest BCUT2D eigenvalue weighted by Gasteiger charge is -2.07. The molecule has 101 valence electrons. The Kier molecular flexibility index (Phi) is 2.96. The topological polar surface area (TPSA) is 64.2 Å². The Morgan fingerprint density at radius 3 is 2.57 bits per heavy atom. The fourth-order valence-electron chi connectivity index (χ4n) is 2.19. The fraction of sp³-hybridized carbons (Fsp3) is 0. The third-order valence-corrected chi connectivity index (χ3v) is 3.23. The highest BCUT2D eigenvalue weighted by molar-refractivity contribution is 5.92. The summed E-state index contributed by atoms with van der Waals surface area (Å²) >= 11 is 0. The Bertz CT molecular complexity index is 897. The summed E-state index contributed by atoms with van der Waals surface area (Å²) in [7, 11) is 0. The fourth-order valence-corrected chi connectivity index (χ4v) is 2.19. The number of nitriles is 1. The van der Waals surface area contributed by atoms with Gasteiger partial charge in [-0.3, -0.25) is 0 Å². The minimum absolute atomic E-state index is 0.0656. The first-order chi connectivity index (χ1) is 10.1. The molecule has 0 bridgehead atoms. The van der Waals surface area contributed by atoms with Crippen LogP contribution in [-0.4, -0.2) is 10.2 Å². The van der Waals surface area contributed by atoms with Crippen LogP contribution in [0.4, 0.5) is 4.39 Å². The largest absolute Gasteiger partial charge is 0.508 e. The van der Waals surface area contributed by atoms with Gasteiger partial charge in [-0.05, 0) is 52.9 Å². The summed E-state index contributed by atoms with van der Waals surface area (Å²) in [6.07, 6.45) is 0. The second-order valence-corrected chi connectivity index (χ2v) is 4.60. The van der Waals surface area contributed by atoms with Gasteiger partial charge in [-0.15, -0.1) is 0 Å². The molecule has 0 spiro atoms. The highest BCUT2D eigenvalue weighted by atomic mass is 19.1. The highest BCUT2D eigenvalue weighted by Gasteiger charge is 2.09. The van der Waals surface area contributed by atoms with Crippen molar-refractivity contribution < 1.29 is 14.6 Å². The zero-order valence-electron chi connectivity index (χ0n) is 10.8. The molecule has 0 aliphatic heterocycles. The first kappa shape index (κ1) is 12.9. The van der Waals surface area contributed by atoms with Crippen molar-refractivity contribution in [2.24, 2.45) is 0 Å². The molecule has 3 nitrogen and oxygen atoms in total. The van der Waals surface area contributed by atoms with E-state index in [1.807, 2.05) is 0 Å². The molecule has 0 amide bonds. The number of benzene rings is 3. The molecule has 0 aliphatic rings. The lowest BCUT2D eigenvalue weighted by Crippen LogP contribution is -1.86. The second-order valence-electron chi connectivity index (χ2n) is 4.60. The average molecular weight is 278 g/mol. The molecule has 0 unspecified atom stereocenters. The number of halogens is 1. The van der Waals surface area contributed by atoms with Gasteiger partial charge >= 0.3 is 0 Å². The van der Waals surface area contributed by atoms with Crippen molar-refractivity contribution in [3.05, 3.63) is 59.9 Å². The number of hydrogen-bond acceptors (Lipinski definition) is 3.